The van der Waals surface area contributed by atoms with E-state index in [4.69, 9.17) is 30.4 Å². The van der Waals surface area contributed by atoms with Crippen LogP contribution in [0.25, 0.3) is 0 Å². The van der Waals surface area contributed by atoms with Crippen molar-refractivity contribution >= 4 is 24.2 Å². The van der Waals surface area contributed by atoms with E-state index >= 15 is 0 Å². The molecule has 0 spiro atoms. The maximum atomic E-state index is 6.26. The molecular weight excluding hydrogens is 375 g/mol. The van der Waals surface area contributed by atoms with Crippen molar-refractivity contribution in [1.29, 1.82) is 0 Å². The van der Waals surface area contributed by atoms with Gasteiger partial charge in [-0.2, -0.15) is 0 Å². The summed E-state index contributed by atoms with van der Waals surface area (Å²) < 4.78 is 24.2. The molecule has 2 aliphatic rings. The summed E-state index contributed by atoms with van der Waals surface area (Å²) in [5.74, 6) is 0.887. The Hall–Kier alpha value is -1.53. The number of ether oxygens (including phenoxy) is 2. The van der Waals surface area contributed by atoms with Crippen LogP contribution in [0.5, 0.6) is 5.75 Å². The first kappa shape index (κ1) is 19.8. The lowest BCUT2D eigenvalue weighted by atomic mass is 9.76. The first-order valence-corrected chi connectivity index (χ1v) is 10.5. The minimum absolute atomic E-state index is 0.0395. The Balaban J connectivity index is 1.33. The van der Waals surface area contributed by atoms with Crippen LogP contribution in [0.4, 0.5) is 0 Å². The molecule has 3 atom stereocenters. The minimum Gasteiger partial charge on any atom is -0.494 e. The molecule has 0 amide bonds. The highest BCUT2D eigenvalue weighted by atomic mass is 35.5. The number of halogens is 1. The van der Waals surface area contributed by atoms with Crippen molar-refractivity contribution in [2.45, 2.75) is 50.9 Å². The molecule has 0 unspecified atom stereocenters. The van der Waals surface area contributed by atoms with Gasteiger partial charge in [0.15, 0.2) is 0 Å². The van der Waals surface area contributed by atoms with Gasteiger partial charge in [-0.25, -0.2) is 0 Å². The van der Waals surface area contributed by atoms with E-state index in [-0.39, 0.29) is 25.4 Å². The van der Waals surface area contributed by atoms with E-state index < -0.39 is 0 Å². The number of rotatable bonds is 6. The maximum absolute atomic E-state index is 6.26. The van der Waals surface area contributed by atoms with Crippen molar-refractivity contribution in [1.82, 2.24) is 0 Å². The quantitative estimate of drug-likeness (QED) is 0.526. The number of hydrogen-bond donors (Lipinski definition) is 0. The fourth-order valence-electron chi connectivity index (χ4n) is 3.70. The van der Waals surface area contributed by atoms with E-state index in [1.54, 1.807) is 0 Å². The summed E-state index contributed by atoms with van der Waals surface area (Å²) in [7, 11) is -0.346. The fourth-order valence-corrected chi connectivity index (χ4v) is 3.83. The largest absolute Gasteiger partial charge is 0.494 e. The first-order valence-electron chi connectivity index (χ1n) is 10.1. The van der Waals surface area contributed by atoms with E-state index in [9.17, 15) is 0 Å². The fraction of sp³-hybridized carbons (Fsp3) is 0.455. The third-order valence-electron chi connectivity index (χ3n) is 5.34. The Labute approximate surface area is 172 Å². The molecule has 2 aromatic rings. The zero-order valence-corrected chi connectivity index (χ0v) is 16.9. The second-order valence-electron chi connectivity index (χ2n) is 7.40. The summed E-state index contributed by atoms with van der Waals surface area (Å²) in [6.45, 7) is 3.44. The Bertz CT molecular complexity index is 752. The first-order chi connectivity index (χ1) is 13.7. The highest BCUT2D eigenvalue weighted by Gasteiger charge is 2.41. The molecule has 0 saturated carbocycles. The molecule has 4 rings (SSSR count). The highest BCUT2D eigenvalue weighted by Crippen LogP contribution is 2.35. The lowest BCUT2D eigenvalue weighted by molar-refractivity contribution is -0.150. The van der Waals surface area contributed by atoms with Crippen LogP contribution in [0.2, 0.25) is 5.02 Å². The Morgan fingerprint density at radius 1 is 1.04 bits per heavy atom. The molecule has 2 aromatic carbocycles. The third kappa shape index (κ3) is 4.72. The van der Waals surface area contributed by atoms with Crippen LogP contribution in [0.1, 0.15) is 44.3 Å². The second kappa shape index (κ2) is 9.32. The van der Waals surface area contributed by atoms with Crippen molar-refractivity contribution in [3.63, 3.8) is 0 Å². The van der Waals surface area contributed by atoms with Gasteiger partial charge >= 0.3 is 7.12 Å². The third-order valence-corrected chi connectivity index (χ3v) is 5.59. The minimum atomic E-state index is -0.346. The number of hydrogen-bond acceptors (Lipinski definition) is 4. The van der Waals surface area contributed by atoms with Crippen molar-refractivity contribution in [3.05, 3.63) is 59.1 Å². The van der Waals surface area contributed by atoms with Gasteiger partial charge in [-0.05, 0) is 54.6 Å². The summed E-state index contributed by atoms with van der Waals surface area (Å²) in [6, 6.07) is 15.9. The molecule has 2 heterocycles. The van der Waals surface area contributed by atoms with E-state index in [1.807, 2.05) is 48.5 Å². The zero-order valence-electron chi connectivity index (χ0n) is 16.2. The average Bonchev–Trinajstić information content (AvgIpc) is 2.74. The monoisotopic (exact) mass is 400 g/mol. The van der Waals surface area contributed by atoms with Gasteiger partial charge in [0.1, 0.15) is 11.9 Å². The van der Waals surface area contributed by atoms with Crippen LogP contribution in [-0.4, -0.2) is 32.5 Å². The van der Waals surface area contributed by atoms with E-state index in [0.29, 0.717) is 6.61 Å². The van der Waals surface area contributed by atoms with Crippen LogP contribution >= 0.6 is 11.6 Å². The van der Waals surface area contributed by atoms with Crippen molar-refractivity contribution in [3.8, 4) is 5.75 Å². The molecule has 28 heavy (non-hydrogen) atoms. The number of benzene rings is 2. The average molecular weight is 401 g/mol. The molecule has 0 bridgehead atoms. The lowest BCUT2D eigenvalue weighted by Crippen LogP contribution is -2.54. The molecule has 0 aromatic heterocycles. The van der Waals surface area contributed by atoms with Crippen LogP contribution in [0.15, 0.2) is 48.5 Å². The molecule has 2 saturated heterocycles. The van der Waals surface area contributed by atoms with Gasteiger partial charge in [-0.3, -0.25) is 0 Å². The zero-order chi connectivity index (χ0) is 19.3. The van der Waals surface area contributed by atoms with Crippen molar-refractivity contribution < 1.29 is 18.8 Å². The molecule has 2 aliphatic heterocycles. The van der Waals surface area contributed by atoms with Crippen LogP contribution in [0, 0.1) is 0 Å². The standard InChI is InChI=1S/C22H26BClO4/c1-2-3-14-25-19-10-6-17(7-11-19)23-26-15-22-21(28-23)13-12-20(27-22)16-4-8-18(24)9-5-16/h4-11,20-22H,2-3,12-15H2,1H3/t20-,21+,22-/m1/s1. The summed E-state index contributed by atoms with van der Waals surface area (Å²) in [5.41, 5.74) is 2.17. The Morgan fingerprint density at radius 2 is 1.82 bits per heavy atom. The summed E-state index contributed by atoms with van der Waals surface area (Å²) in [6.07, 6.45) is 4.17. The number of fused-ring (bicyclic) bond motifs is 1. The van der Waals surface area contributed by atoms with Gasteiger partial charge in [-0.1, -0.05) is 49.2 Å². The van der Waals surface area contributed by atoms with E-state index in [1.165, 1.54) is 0 Å². The van der Waals surface area contributed by atoms with Gasteiger partial charge in [0.25, 0.3) is 0 Å². The smallest absolute Gasteiger partial charge is 0.494 e. The Kier molecular flexibility index (Phi) is 6.58. The van der Waals surface area contributed by atoms with Gasteiger partial charge in [0.2, 0.25) is 0 Å². The lowest BCUT2D eigenvalue weighted by Gasteiger charge is -2.41. The molecule has 0 N–H and O–H groups in total. The van der Waals surface area contributed by atoms with Crippen LogP contribution in [-0.2, 0) is 14.0 Å². The van der Waals surface area contributed by atoms with Crippen LogP contribution < -0.4 is 10.2 Å². The molecule has 6 heteroatoms. The van der Waals surface area contributed by atoms with Crippen molar-refractivity contribution in [2.75, 3.05) is 13.2 Å². The van der Waals surface area contributed by atoms with Gasteiger partial charge < -0.3 is 18.8 Å². The SMILES string of the molecule is CCCCOc1ccc(B2OC[C@H]3O[C@@H](c4ccc(Cl)cc4)CC[C@@H]3O2)cc1. The summed E-state index contributed by atoms with van der Waals surface area (Å²) in [5, 5.41) is 0.742. The van der Waals surface area contributed by atoms with E-state index in [2.05, 4.69) is 6.92 Å². The summed E-state index contributed by atoms with van der Waals surface area (Å²) >= 11 is 5.99. The van der Waals surface area contributed by atoms with E-state index in [0.717, 1.165) is 54.1 Å². The molecule has 4 nitrogen and oxygen atoms in total. The summed E-state index contributed by atoms with van der Waals surface area (Å²) in [4.78, 5) is 0. The number of unbranched alkanes of at least 4 members (excludes halogenated alkanes) is 1. The van der Waals surface area contributed by atoms with Crippen LogP contribution in [0.3, 0.4) is 0 Å². The Morgan fingerprint density at radius 3 is 2.57 bits per heavy atom. The predicted octanol–water partition coefficient (Wildman–Crippen LogP) is 4.55. The highest BCUT2D eigenvalue weighted by molar-refractivity contribution is 6.61. The molecule has 0 aliphatic carbocycles. The van der Waals surface area contributed by atoms with Gasteiger partial charge in [0.05, 0.1) is 25.4 Å². The normalized spacial score (nSPS) is 24.6. The second-order valence-corrected chi connectivity index (χ2v) is 7.84. The maximum Gasteiger partial charge on any atom is 0.494 e. The molecule has 148 valence electrons. The molecule has 2 fully saturated rings. The molecular formula is C22H26BClO4. The predicted molar refractivity (Wildman–Crippen MR) is 111 cm³/mol. The molecule has 0 radical (unpaired) electrons. The van der Waals surface area contributed by atoms with Gasteiger partial charge in [-0.15, -0.1) is 0 Å². The topological polar surface area (TPSA) is 36.9 Å². The van der Waals surface area contributed by atoms with Crippen molar-refractivity contribution in [2.24, 2.45) is 0 Å². The van der Waals surface area contributed by atoms with Gasteiger partial charge in [0, 0.05) is 5.02 Å².